The molecule has 4 rings (SSSR count). The van der Waals surface area contributed by atoms with Gasteiger partial charge in [0.25, 0.3) is 10.0 Å². The first-order valence-electron chi connectivity index (χ1n) is 14.7. The van der Waals surface area contributed by atoms with Crippen LogP contribution in [0.4, 0.5) is 5.69 Å². The number of amides is 2. The van der Waals surface area contributed by atoms with Gasteiger partial charge in [0, 0.05) is 24.0 Å². The molecule has 4 aromatic rings. The van der Waals surface area contributed by atoms with E-state index in [-0.39, 0.29) is 29.8 Å². The van der Waals surface area contributed by atoms with Crippen LogP contribution in [0.25, 0.3) is 0 Å². The summed E-state index contributed by atoms with van der Waals surface area (Å²) in [5.41, 5.74) is 1.92. The minimum Gasteiger partial charge on any atom is -0.497 e. The molecule has 4 aromatic carbocycles. The van der Waals surface area contributed by atoms with Crippen LogP contribution in [0, 0.1) is 0 Å². The van der Waals surface area contributed by atoms with Crippen LogP contribution in [0.2, 0.25) is 5.02 Å². The first-order valence-corrected chi connectivity index (χ1v) is 16.5. The van der Waals surface area contributed by atoms with E-state index in [0.29, 0.717) is 22.9 Å². The third kappa shape index (κ3) is 8.86. The molecule has 0 aliphatic rings. The second kappa shape index (κ2) is 15.6. The van der Waals surface area contributed by atoms with Gasteiger partial charge in [0.15, 0.2) is 0 Å². The van der Waals surface area contributed by atoms with Gasteiger partial charge in [-0.1, -0.05) is 79.2 Å². The van der Waals surface area contributed by atoms with E-state index in [9.17, 15) is 18.0 Å². The lowest BCUT2D eigenvalue weighted by molar-refractivity contribution is -0.140. The fourth-order valence-corrected chi connectivity index (χ4v) is 6.32. The Morgan fingerprint density at radius 1 is 0.844 bits per heavy atom. The van der Waals surface area contributed by atoms with E-state index < -0.39 is 28.5 Å². The maximum atomic E-state index is 14.5. The minimum atomic E-state index is -4.20. The third-order valence-electron chi connectivity index (χ3n) is 7.51. The fourth-order valence-electron chi connectivity index (χ4n) is 4.78. The van der Waals surface area contributed by atoms with E-state index in [4.69, 9.17) is 16.3 Å². The van der Waals surface area contributed by atoms with Gasteiger partial charge in [-0.25, -0.2) is 8.42 Å². The number of ether oxygens (including phenoxy) is 1. The molecule has 2 amide bonds. The minimum absolute atomic E-state index is 0.000413. The van der Waals surface area contributed by atoms with Crippen molar-refractivity contribution < 1.29 is 22.7 Å². The van der Waals surface area contributed by atoms with Gasteiger partial charge in [0.1, 0.15) is 18.3 Å². The zero-order valence-corrected chi connectivity index (χ0v) is 27.2. The first-order chi connectivity index (χ1) is 21.6. The van der Waals surface area contributed by atoms with Crippen molar-refractivity contribution in [3.8, 4) is 5.75 Å². The Morgan fingerprint density at radius 3 is 2.02 bits per heavy atom. The van der Waals surface area contributed by atoms with Gasteiger partial charge in [0.05, 0.1) is 17.7 Å². The monoisotopic (exact) mass is 647 g/mol. The normalized spacial score (nSPS) is 12.5. The van der Waals surface area contributed by atoms with Crippen LogP contribution in [-0.2, 0) is 32.6 Å². The SMILES string of the molecule is CC[C@H](C)NC(=O)[C@@H](Cc1ccccc1)N(Cc1ccc(Cl)cc1)C(=O)CN(c1ccccc1)S(=O)(=O)c1ccc(OC)cc1. The van der Waals surface area contributed by atoms with E-state index in [0.717, 1.165) is 15.4 Å². The van der Waals surface area contributed by atoms with Gasteiger partial charge in [-0.2, -0.15) is 0 Å². The Balaban J connectivity index is 1.78. The topological polar surface area (TPSA) is 96.0 Å². The Morgan fingerprint density at radius 2 is 1.44 bits per heavy atom. The molecule has 0 unspecified atom stereocenters. The van der Waals surface area contributed by atoms with Crippen molar-refractivity contribution in [3.63, 3.8) is 0 Å². The van der Waals surface area contributed by atoms with Crippen LogP contribution in [-0.4, -0.2) is 50.9 Å². The number of rotatable bonds is 14. The summed E-state index contributed by atoms with van der Waals surface area (Å²) in [7, 11) is -2.70. The number of para-hydroxylation sites is 1. The van der Waals surface area contributed by atoms with Crippen LogP contribution < -0.4 is 14.4 Å². The Kier molecular flexibility index (Phi) is 11.6. The maximum absolute atomic E-state index is 14.5. The molecule has 2 atom stereocenters. The van der Waals surface area contributed by atoms with Crippen molar-refractivity contribution in [2.45, 2.75) is 50.2 Å². The van der Waals surface area contributed by atoms with Gasteiger partial charge < -0.3 is 15.0 Å². The number of carbonyl (C=O) groups is 2. The molecule has 0 aliphatic heterocycles. The molecule has 0 heterocycles. The number of halogens is 1. The van der Waals surface area contributed by atoms with Crippen molar-refractivity contribution in [2.24, 2.45) is 0 Å². The summed E-state index contributed by atoms with van der Waals surface area (Å²) in [4.78, 5) is 29.8. The third-order valence-corrected chi connectivity index (χ3v) is 9.55. The molecule has 8 nitrogen and oxygen atoms in total. The number of methoxy groups -OCH3 is 1. The lowest BCUT2D eigenvalue weighted by Crippen LogP contribution is -2.54. The Bertz CT molecular complexity index is 1650. The zero-order valence-electron chi connectivity index (χ0n) is 25.6. The Hall–Kier alpha value is -4.34. The predicted octanol–water partition coefficient (Wildman–Crippen LogP) is 6.10. The number of hydrogen-bond donors (Lipinski definition) is 1. The number of hydrogen-bond acceptors (Lipinski definition) is 5. The van der Waals surface area contributed by atoms with Gasteiger partial charge in [-0.05, 0) is 73.0 Å². The molecular weight excluding hydrogens is 610 g/mol. The average molecular weight is 648 g/mol. The molecule has 0 spiro atoms. The number of carbonyl (C=O) groups excluding carboxylic acids is 2. The van der Waals surface area contributed by atoms with Gasteiger partial charge >= 0.3 is 0 Å². The van der Waals surface area contributed by atoms with Crippen LogP contribution in [0.3, 0.4) is 0 Å². The van der Waals surface area contributed by atoms with Gasteiger partial charge in [-0.3, -0.25) is 13.9 Å². The Labute approximate surface area is 270 Å². The van der Waals surface area contributed by atoms with E-state index in [1.54, 1.807) is 66.7 Å². The number of sulfonamides is 1. The molecular formula is C35H38ClN3O5S. The van der Waals surface area contributed by atoms with E-state index in [1.807, 2.05) is 44.2 Å². The molecule has 236 valence electrons. The summed E-state index contributed by atoms with van der Waals surface area (Å²) in [5.74, 6) is -0.354. The van der Waals surface area contributed by atoms with Gasteiger partial charge in [-0.15, -0.1) is 0 Å². The second-order valence-corrected chi connectivity index (χ2v) is 13.0. The predicted molar refractivity (Wildman–Crippen MR) is 178 cm³/mol. The molecule has 45 heavy (non-hydrogen) atoms. The van der Waals surface area contributed by atoms with Crippen LogP contribution in [0.15, 0.2) is 114 Å². The lowest BCUT2D eigenvalue weighted by Gasteiger charge is -2.34. The number of nitrogens with zero attached hydrogens (tertiary/aromatic N) is 2. The van der Waals surface area contributed by atoms with E-state index >= 15 is 0 Å². The average Bonchev–Trinajstić information content (AvgIpc) is 3.06. The van der Waals surface area contributed by atoms with Crippen LogP contribution >= 0.6 is 11.6 Å². The van der Waals surface area contributed by atoms with Crippen molar-refractivity contribution >= 4 is 39.1 Å². The summed E-state index contributed by atoms with van der Waals surface area (Å²) in [6.45, 7) is 3.40. The summed E-state index contributed by atoms with van der Waals surface area (Å²) in [6, 6.07) is 29.9. The highest BCUT2D eigenvalue weighted by molar-refractivity contribution is 7.92. The molecule has 0 saturated carbocycles. The highest BCUT2D eigenvalue weighted by atomic mass is 35.5. The van der Waals surface area contributed by atoms with E-state index in [1.165, 1.54) is 24.1 Å². The second-order valence-electron chi connectivity index (χ2n) is 10.7. The van der Waals surface area contributed by atoms with Crippen molar-refractivity contribution in [1.29, 1.82) is 0 Å². The van der Waals surface area contributed by atoms with Crippen molar-refractivity contribution in [1.82, 2.24) is 10.2 Å². The molecule has 10 heteroatoms. The largest absolute Gasteiger partial charge is 0.497 e. The van der Waals surface area contributed by atoms with Crippen molar-refractivity contribution in [2.75, 3.05) is 18.0 Å². The highest BCUT2D eigenvalue weighted by Gasteiger charge is 2.35. The summed E-state index contributed by atoms with van der Waals surface area (Å²) in [5, 5.41) is 3.57. The summed E-state index contributed by atoms with van der Waals surface area (Å²) in [6.07, 6.45) is 0.940. The molecule has 1 N–H and O–H groups in total. The standard InChI is InChI=1S/C35H38ClN3O5S/c1-4-26(2)37-35(41)33(23-27-11-7-5-8-12-27)38(24-28-15-17-29(36)18-16-28)34(40)25-39(30-13-9-6-10-14-30)45(42,43)32-21-19-31(44-3)20-22-32/h5-22,26,33H,4,23-25H2,1-3H3,(H,37,41)/t26-,33+/m0/s1. The van der Waals surface area contributed by atoms with Crippen LogP contribution in [0.1, 0.15) is 31.4 Å². The number of anilines is 1. The fraction of sp³-hybridized carbons (Fsp3) is 0.257. The smallest absolute Gasteiger partial charge is 0.264 e. The molecule has 0 bridgehead atoms. The van der Waals surface area contributed by atoms with Crippen LogP contribution in [0.5, 0.6) is 5.75 Å². The van der Waals surface area contributed by atoms with Crippen molar-refractivity contribution in [3.05, 3.63) is 125 Å². The maximum Gasteiger partial charge on any atom is 0.264 e. The molecule has 0 aromatic heterocycles. The molecule has 0 fully saturated rings. The summed E-state index contributed by atoms with van der Waals surface area (Å²) >= 11 is 6.14. The first kappa shape index (κ1) is 33.6. The molecule has 0 radical (unpaired) electrons. The molecule has 0 aliphatic carbocycles. The van der Waals surface area contributed by atoms with E-state index in [2.05, 4.69) is 5.32 Å². The quantitative estimate of drug-likeness (QED) is 0.179. The zero-order chi connectivity index (χ0) is 32.4. The number of nitrogens with one attached hydrogen (secondary N) is 1. The molecule has 0 saturated heterocycles. The highest BCUT2D eigenvalue weighted by Crippen LogP contribution is 2.26. The lowest BCUT2D eigenvalue weighted by atomic mass is 10.0. The van der Waals surface area contributed by atoms with Gasteiger partial charge in [0.2, 0.25) is 11.8 Å². The number of benzene rings is 4. The summed E-state index contributed by atoms with van der Waals surface area (Å²) < 4.78 is 34.5.